The summed E-state index contributed by atoms with van der Waals surface area (Å²) in [5.74, 6) is 0.279. The molecule has 142 valence electrons. The largest absolute Gasteiger partial charge is 0.507 e. The predicted molar refractivity (Wildman–Crippen MR) is 115 cm³/mol. The van der Waals surface area contributed by atoms with Gasteiger partial charge >= 0.3 is 0 Å². The van der Waals surface area contributed by atoms with Gasteiger partial charge in [0, 0.05) is 33.6 Å². The number of rotatable bonds is 6. The van der Waals surface area contributed by atoms with E-state index < -0.39 is 0 Å². The molecule has 0 aliphatic carbocycles. The van der Waals surface area contributed by atoms with E-state index in [9.17, 15) is 10.2 Å². The van der Waals surface area contributed by atoms with E-state index >= 15 is 0 Å². The van der Waals surface area contributed by atoms with Gasteiger partial charge in [-0.25, -0.2) is 0 Å². The van der Waals surface area contributed by atoms with Crippen LogP contribution in [-0.4, -0.2) is 22.6 Å². The molecule has 0 bridgehead atoms. The summed E-state index contributed by atoms with van der Waals surface area (Å²) in [5.41, 5.74) is 3.20. The highest BCUT2D eigenvalue weighted by molar-refractivity contribution is 6.31. The summed E-state index contributed by atoms with van der Waals surface area (Å²) in [6.07, 6.45) is 3.21. The molecule has 0 amide bonds. The Morgan fingerprint density at radius 2 is 1.14 bits per heavy atom. The Balaban J connectivity index is 1.64. The fraction of sp³-hybridized carbons (Fsp3) is 0.0909. The standard InChI is InChI=1S/C22H18Cl2N2O2/c23-19-4-6-21(27)17(9-19)13-25-11-15-2-1-3-16(8-15)12-26-14-18-10-20(24)5-7-22(18)28/h1-10,13-14,27-28H,11-12H2. The highest BCUT2D eigenvalue weighted by Gasteiger charge is 2.01. The predicted octanol–water partition coefficient (Wildman–Crippen LogP) is 5.64. The number of hydrogen-bond donors (Lipinski definition) is 2. The maximum Gasteiger partial charge on any atom is 0.124 e. The minimum Gasteiger partial charge on any atom is -0.507 e. The van der Waals surface area contributed by atoms with Gasteiger partial charge < -0.3 is 10.2 Å². The highest BCUT2D eigenvalue weighted by Crippen LogP contribution is 2.21. The molecule has 0 atom stereocenters. The molecule has 0 spiro atoms. The van der Waals surface area contributed by atoms with Crippen molar-refractivity contribution in [1.82, 2.24) is 0 Å². The van der Waals surface area contributed by atoms with Gasteiger partial charge in [-0.15, -0.1) is 0 Å². The van der Waals surface area contributed by atoms with E-state index in [4.69, 9.17) is 23.2 Å². The quantitative estimate of drug-likeness (QED) is 0.514. The van der Waals surface area contributed by atoms with Crippen LogP contribution in [-0.2, 0) is 13.1 Å². The van der Waals surface area contributed by atoms with Crippen LogP contribution in [0.2, 0.25) is 10.0 Å². The van der Waals surface area contributed by atoms with E-state index in [1.54, 1.807) is 48.8 Å². The molecule has 3 aromatic rings. The highest BCUT2D eigenvalue weighted by atomic mass is 35.5. The first kappa shape index (κ1) is 19.9. The second-order valence-electron chi connectivity index (χ2n) is 6.17. The van der Waals surface area contributed by atoms with Crippen LogP contribution in [0.3, 0.4) is 0 Å². The van der Waals surface area contributed by atoms with Crippen molar-refractivity contribution in [3.05, 3.63) is 93.0 Å². The third-order valence-electron chi connectivity index (χ3n) is 3.98. The van der Waals surface area contributed by atoms with Crippen molar-refractivity contribution in [1.29, 1.82) is 0 Å². The molecule has 0 saturated carbocycles. The SMILES string of the molecule is Oc1ccc(Cl)cc1C=NCc1cccc(CN=Cc2cc(Cl)ccc2O)c1. The van der Waals surface area contributed by atoms with E-state index in [0.29, 0.717) is 34.3 Å². The molecule has 0 aromatic heterocycles. The third-order valence-corrected chi connectivity index (χ3v) is 4.45. The van der Waals surface area contributed by atoms with Crippen LogP contribution < -0.4 is 0 Å². The normalized spacial score (nSPS) is 11.5. The number of phenolic OH excluding ortho intramolecular Hbond substituents is 2. The molecule has 2 N–H and O–H groups in total. The lowest BCUT2D eigenvalue weighted by molar-refractivity contribution is 0.474. The summed E-state index contributed by atoms with van der Waals surface area (Å²) in [5, 5.41) is 20.7. The molecular formula is C22H18Cl2N2O2. The average Bonchev–Trinajstić information content (AvgIpc) is 2.68. The lowest BCUT2D eigenvalue weighted by Gasteiger charge is -2.02. The first-order chi connectivity index (χ1) is 13.5. The summed E-state index contributed by atoms with van der Waals surface area (Å²) < 4.78 is 0. The molecule has 0 heterocycles. The zero-order chi connectivity index (χ0) is 19.9. The fourth-order valence-electron chi connectivity index (χ4n) is 2.58. The van der Waals surface area contributed by atoms with Crippen LogP contribution in [0.25, 0.3) is 0 Å². The molecular weight excluding hydrogens is 395 g/mol. The van der Waals surface area contributed by atoms with Crippen molar-refractivity contribution in [2.24, 2.45) is 9.98 Å². The summed E-state index contributed by atoms with van der Waals surface area (Å²) in [4.78, 5) is 8.75. The average molecular weight is 413 g/mol. The van der Waals surface area contributed by atoms with Gasteiger partial charge in [0.05, 0.1) is 13.1 Å². The van der Waals surface area contributed by atoms with Gasteiger partial charge in [-0.2, -0.15) is 0 Å². The Morgan fingerprint density at radius 3 is 1.61 bits per heavy atom. The number of nitrogens with zero attached hydrogens (tertiary/aromatic N) is 2. The lowest BCUT2D eigenvalue weighted by atomic mass is 10.1. The number of halogens is 2. The molecule has 3 rings (SSSR count). The van der Waals surface area contributed by atoms with Crippen LogP contribution in [0, 0.1) is 0 Å². The van der Waals surface area contributed by atoms with Crippen LogP contribution >= 0.6 is 23.2 Å². The van der Waals surface area contributed by atoms with Crippen molar-refractivity contribution < 1.29 is 10.2 Å². The molecule has 0 radical (unpaired) electrons. The zero-order valence-corrected chi connectivity index (χ0v) is 16.4. The van der Waals surface area contributed by atoms with Gasteiger partial charge in [0.2, 0.25) is 0 Å². The summed E-state index contributed by atoms with van der Waals surface area (Å²) in [7, 11) is 0. The van der Waals surface area contributed by atoms with Gasteiger partial charge in [0.25, 0.3) is 0 Å². The molecule has 0 aliphatic heterocycles. The smallest absolute Gasteiger partial charge is 0.124 e. The Kier molecular flexibility index (Phi) is 6.69. The number of phenols is 2. The number of aliphatic imine (C=N–C) groups is 2. The second-order valence-corrected chi connectivity index (χ2v) is 7.04. The molecule has 4 nitrogen and oxygen atoms in total. The van der Waals surface area contributed by atoms with E-state index in [0.717, 1.165) is 11.1 Å². The molecule has 0 unspecified atom stereocenters. The van der Waals surface area contributed by atoms with Crippen molar-refractivity contribution in [2.75, 3.05) is 0 Å². The zero-order valence-electron chi connectivity index (χ0n) is 14.9. The Hall–Kier alpha value is -2.82. The Morgan fingerprint density at radius 1 is 0.679 bits per heavy atom. The van der Waals surface area contributed by atoms with E-state index in [1.807, 2.05) is 24.3 Å². The van der Waals surface area contributed by atoms with E-state index in [-0.39, 0.29) is 11.5 Å². The lowest BCUT2D eigenvalue weighted by Crippen LogP contribution is -1.89. The first-order valence-corrected chi connectivity index (χ1v) is 9.31. The fourth-order valence-corrected chi connectivity index (χ4v) is 2.94. The van der Waals surface area contributed by atoms with Gasteiger partial charge in [-0.05, 0) is 47.5 Å². The maximum absolute atomic E-state index is 9.81. The monoisotopic (exact) mass is 412 g/mol. The minimum absolute atomic E-state index is 0.139. The Labute approximate surface area is 173 Å². The number of hydrogen-bond acceptors (Lipinski definition) is 4. The molecule has 3 aromatic carbocycles. The maximum atomic E-state index is 9.81. The van der Waals surface area contributed by atoms with Crippen molar-refractivity contribution in [2.45, 2.75) is 13.1 Å². The molecule has 0 fully saturated rings. The van der Waals surface area contributed by atoms with Gasteiger partial charge in [0.1, 0.15) is 11.5 Å². The van der Waals surface area contributed by atoms with E-state index in [1.165, 1.54) is 0 Å². The molecule has 6 heteroatoms. The van der Waals surface area contributed by atoms with Gasteiger partial charge in [-0.3, -0.25) is 9.98 Å². The topological polar surface area (TPSA) is 65.2 Å². The van der Waals surface area contributed by atoms with Gasteiger partial charge in [-0.1, -0.05) is 47.5 Å². The van der Waals surface area contributed by atoms with Crippen LogP contribution in [0.1, 0.15) is 22.3 Å². The van der Waals surface area contributed by atoms with Crippen LogP contribution in [0.15, 0.2) is 70.6 Å². The molecule has 0 saturated heterocycles. The van der Waals surface area contributed by atoms with Crippen LogP contribution in [0.4, 0.5) is 0 Å². The van der Waals surface area contributed by atoms with Gasteiger partial charge in [0.15, 0.2) is 0 Å². The molecule has 28 heavy (non-hydrogen) atoms. The van der Waals surface area contributed by atoms with Crippen LogP contribution in [0.5, 0.6) is 11.5 Å². The third kappa shape index (κ3) is 5.59. The number of aromatic hydroxyl groups is 2. The first-order valence-electron chi connectivity index (χ1n) is 8.56. The van der Waals surface area contributed by atoms with Crippen molar-refractivity contribution in [3.8, 4) is 11.5 Å². The second kappa shape index (κ2) is 9.40. The summed E-state index contributed by atoms with van der Waals surface area (Å²) in [6, 6.07) is 17.6. The number of benzene rings is 3. The summed E-state index contributed by atoms with van der Waals surface area (Å²) >= 11 is 11.9. The van der Waals surface area contributed by atoms with Crippen molar-refractivity contribution >= 4 is 35.6 Å². The molecule has 0 aliphatic rings. The van der Waals surface area contributed by atoms with E-state index in [2.05, 4.69) is 9.98 Å². The summed E-state index contributed by atoms with van der Waals surface area (Å²) in [6.45, 7) is 0.942. The minimum atomic E-state index is 0.139. The van der Waals surface area contributed by atoms with Crippen molar-refractivity contribution in [3.63, 3.8) is 0 Å². The Bertz CT molecular complexity index is 954.